The third kappa shape index (κ3) is 5.54. The number of piperazine rings is 1. The highest BCUT2D eigenvalue weighted by Gasteiger charge is 2.27. The van der Waals surface area contributed by atoms with E-state index in [1.54, 1.807) is 7.11 Å². The molecule has 2 aromatic rings. The van der Waals surface area contributed by atoms with Crippen LogP contribution in [-0.2, 0) is 11.2 Å². The standard InChI is InChI=1S/C22H25F2N3O3/c1-30-17-7-5-16(6-8-17)9-10-25-20(28)15-26-11-13-27(14-12-26)22(29)21-18(23)3-2-4-19(21)24/h2-8H,9-15H2,1H3,(H,25,28). The molecule has 0 aliphatic carbocycles. The molecular formula is C22H25F2N3O3. The van der Waals surface area contributed by atoms with E-state index in [1.807, 2.05) is 29.2 Å². The van der Waals surface area contributed by atoms with E-state index in [0.717, 1.165) is 23.4 Å². The molecule has 1 saturated heterocycles. The molecule has 3 rings (SSSR count). The molecule has 1 fully saturated rings. The number of halogens is 2. The van der Waals surface area contributed by atoms with Crippen molar-refractivity contribution in [3.63, 3.8) is 0 Å². The van der Waals surface area contributed by atoms with E-state index in [-0.39, 0.29) is 12.5 Å². The number of carbonyl (C=O) groups excluding carboxylic acids is 2. The molecule has 1 N–H and O–H groups in total. The summed E-state index contributed by atoms with van der Waals surface area (Å²) in [5.41, 5.74) is 0.575. The molecule has 2 aromatic carbocycles. The van der Waals surface area contributed by atoms with Gasteiger partial charge >= 0.3 is 0 Å². The Hall–Kier alpha value is -3.00. The maximum absolute atomic E-state index is 13.8. The number of amides is 2. The molecule has 0 unspecified atom stereocenters. The fourth-order valence-corrected chi connectivity index (χ4v) is 3.37. The molecule has 2 amide bonds. The van der Waals surface area contributed by atoms with Gasteiger partial charge in [-0.1, -0.05) is 18.2 Å². The summed E-state index contributed by atoms with van der Waals surface area (Å²) >= 11 is 0. The van der Waals surface area contributed by atoms with Crippen molar-refractivity contribution in [3.8, 4) is 5.75 Å². The number of hydrogen-bond donors (Lipinski definition) is 1. The summed E-state index contributed by atoms with van der Waals surface area (Å²) in [4.78, 5) is 27.9. The third-order valence-corrected chi connectivity index (χ3v) is 5.10. The number of benzene rings is 2. The van der Waals surface area contributed by atoms with Gasteiger partial charge in [0.25, 0.3) is 5.91 Å². The zero-order valence-corrected chi connectivity index (χ0v) is 16.9. The van der Waals surface area contributed by atoms with Gasteiger partial charge < -0.3 is 15.0 Å². The van der Waals surface area contributed by atoms with Crippen LogP contribution in [0, 0.1) is 11.6 Å². The van der Waals surface area contributed by atoms with Gasteiger partial charge in [0, 0.05) is 32.7 Å². The van der Waals surface area contributed by atoms with Gasteiger partial charge in [-0.3, -0.25) is 14.5 Å². The lowest BCUT2D eigenvalue weighted by atomic mass is 10.1. The van der Waals surface area contributed by atoms with Crippen molar-refractivity contribution in [2.45, 2.75) is 6.42 Å². The topological polar surface area (TPSA) is 61.9 Å². The van der Waals surface area contributed by atoms with Gasteiger partial charge in [0.1, 0.15) is 22.9 Å². The van der Waals surface area contributed by atoms with Gasteiger partial charge in [-0.05, 0) is 36.2 Å². The molecule has 1 aliphatic rings. The Morgan fingerprint density at radius 3 is 2.23 bits per heavy atom. The molecule has 1 aliphatic heterocycles. The fourth-order valence-electron chi connectivity index (χ4n) is 3.37. The van der Waals surface area contributed by atoms with Crippen molar-refractivity contribution in [1.29, 1.82) is 0 Å². The minimum Gasteiger partial charge on any atom is -0.497 e. The molecule has 8 heteroatoms. The van der Waals surface area contributed by atoms with Crippen molar-refractivity contribution in [3.05, 3.63) is 65.2 Å². The Morgan fingerprint density at radius 1 is 1.00 bits per heavy atom. The molecule has 0 saturated carbocycles. The predicted octanol–water partition coefficient (Wildman–Crippen LogP) is 2.09. The van der Waals surface area contributed by atoms with Crippen LogP contribution in [0.4, 0.5) is 8.78 Å². The Bertz CT molecular complexity index is 861. The molecule has 160 valence electrons. The highest BCUT2D eigenvalue weighted by molar-refractivity contribution is 5.94. The smallest absolute Gasteiger partial charge is 0.259 e. The third-order valence-electron chi connectivity index (χ3n) is 5.10. The Kier molecular flexibility index (Phi) is 7.35. The molecule has 0 aromatic heterocycles. The molecular weight excluding hydrogens is 392 g/mol. The second-order valence-corrected chi connectivity index (χ2v) is 7.11. The summed E-state index contributed by atoms with van der Waals surface area (Å²) in [6, 6.07) is 11.0. The molecule has 0 bridgehead atoms. The maximum Gasteiger partial charge on any atom is 0.259 e. The number of nitrogens with zero attached hydrogens (tertiary/aromatic N) is 2. The number of nitrogens with one attached hydrogen (secondary N) is 1. The van der Waals surface area contributed by atoms with Crippen LogP contribution in [0.2, 0.25) is 0 Å². The van der Waals surface area contributed by atoms with E-state index in [2.05, 4.69) is 5.32 Å². The van der Waals surface area contributed by atoms with Gasteiger partial charge in [-0.2, -0.15) is 0 Å². The van der Waals surface area contributed by atoms with Crippen LogP contribution < -0.4 is 10.1 Å². The van der Waals surface area contributed by atoms with Crippen molar-refractivity contribution in [2.24, 2.45) is 0 Å². The number of rotatable bonds is 7. The summed E-state index contributed by atoms with van der Waals surface area (Å²) in [7, 11) is 1.61. The average Bonchev–Trinajstić information content (AvgIpc) is 2.74. The number of ether oxygens (including phenoxy) is 1. The lowest BCUT2D eigenvalue weighted by Gasteiger charge is -2.34. The first-order valence-electron chi connectivity index (χ1n) is 9.83. The fraction of sp³-hybridized carbons (Fsp3) is 0.364. The molecule has 0 spiro atoms. The lowest BCUT2D eigenvalue weighted by molar-refractivity contribution is -0.122. The number of carbonyl (C=O) groups is 2. The highest BCUT2D eigenvalue weighted by atomic mass is 19.1. The second kappa shape index (κ2) is 10.2. The first-order valence-corrected chi connectivity index (χ1v) is 9.83. The van der Waals surface area contributed by atoms with E-state index < -0.39 is 23.1 Å². The second-order valence-electron chi connectivity index (χ2n) is 7.11. The van der Waals surface area contributed by atoms with Crippen molar-refractivity contribution >= 4 is 11.8 Å². The van der Waals surface area contributed by atoms with Gasteiger partial charge in [0.05, 0.1) is 13.7 Å². The van der Waals surface area contributed by atoms with E-state index in [1.165, 1.54) is 11.0 Å². The Labute approximate surface area is 174 Å². The number of hydrogen-bond acceptors (Lipinski definition) is 4. The summed E-state index contributed by atoms with van der Waals surface area (Å²) in [5.74, 6) is -1.69. The van der Waals surface area contributed by atoms with Crippen LogP contribution in [0.1, 0.15) is 15.9 Å². The quantitative estimate of drug-likeness (QED) is 0.750. The lowest BCUT2D eigenvalue weighted by Crippen LogP contribution is -2.51. The van der Waals surface area contributed by atoms with Crippen molar-refractivity contribution < 1.29 is 23.1 Å². The van der Waals surface area contributed by atoms with Crippen LogP contribution in [0.5, 0.6) is 5.75 Å². The van der Waals surface area contributed by atoms with Crippen molar-refractivity contribution in [2.75, 3.05) is 46.4 Å². The van der Waals surface area contributed by atoms with Crippen LogP contribution >= 0.6 is 0 Å². The summed E-state index contributed by atoms with van der Waals surface area (Å²) in [5, 5.41) is 2.89. The summed E-state index contributed by atoms with van der Waals surface area (Å²) < 4.78 is 32.8. The average molecular weight is 417 g/mol. The van der Waals surface area contributed by atoms with Crippen LogP contribution in [0.15, 0.2) is 42.5 Å². The highest BCUT2D eigenvalue weighted by Crippen LogP contribution is 2.16. The SMILES string of the molecule is COc1ccc(CCNC(=O)CN2CCN(C(=O)c3c(F)cccc3F)CC2)cc1. The minimum atomic E-state index is -0.862. The van der Waals surface area contributed by atoms with E-state index in [4.69, 9.17) is 4.74 Å². The zero-order valence-electron chi connectivity index (χ0n) is 16.9. The van der Waals surface area contributed by atoms with Gasteiger partial charge in [-0.15, -0.1) is 0 Å². The normalized spacial score (nSPS) is 14.4. The van der Waals surface area contributed by atoms with Gasteiger partial charge in [-0.25, -0.2) is 8.78 Å². The van der Waals surface area contributed by atoms with Crippen LogP contribution in [0.3, 0.4) is 0 Å². The monoisotopic (exact) mass is 417 g/mol. The molecule has 6 nitrogen and oxygen atoms in total. The summed E-state index contributed by atoms with van der Waals surface area (Å²) in [6.07, 6.45) is 0.715. The minimum absolute atomic E-state index is 0.0940. The van der Waals surface area contributed by atoms with E-state index in [0.29, 0.717) is 39.1 Å². The van der Waals surface area contributed by atoms with Crippen LogP contribution in [0.25, 0.3) is 0 Å². The van der Waals surface area contributed by atoms with E-state index in [9.17, 15) is 18.4 Å². The Balaban J connectivity index is 1.40. The van der Waals surface area contributed by atoms with Crippen molar-refractivity contribution in [1.82, 2.24) is 15.1 Å². The largest absolute Gasteiger partial charge is 0.497 e. The predicted molar refractivity (Wildman–Crippen MR) is 108 cm³/mol. The van der Waals surface area contributed by atoms with Gasteiger partial charge in [0.2, 0.25) is 5.91 Å². The zero-order chi connectivity index (χ0) is 21.5. The van der Waals surface area contributed by atoms with E-state index >= 15 is 0 Å². The first kappa shape index (κ1) is 21.7. The molecule has 0 atom stereocenters. The van der Waals surface area contributed by atoms with Gasteiger partial charge in [0.15, 0.2) is 0 Å². The molecule has 30 heavy (non-hydrogen) atoms. The maximum atomic E-state index is 13.8. The number of methoxy groups -OCH3 is 1. The Morgan fingerprint density at radius 2 is 1.63 bits per heavy atom. The summed E-state index contributed by atoms with van der Waals surface area (Å²) in [6.45, 7) is 2.30. The first-order chi connectivity index (χ1) is 14.5. The van der Waals surface area contributed by atoms with Crippen LogP contribution in [-0.4, -0.2) is 68.0 Å². The molecule has 1 heterocycles. The molecule has 0 radical (unpaired) electrons.